The average Bonchev–Trinajstić information content (AvgIpc) is 2.30. The summed E-state index contributed by atoms with van der Waals surface area (Å²) in [6, 6.07) is 7.37. The second kappa shape index (κ2) is 7.02. The van der Waals surface area contributed by atoms with E-state index in [1.54, 1.807) is 18.2 Å². The molecule has 1 rings (SSSR count). The zero-order chi connectivity index (χ0) is 13.5. The topological polar surface area (TPSA) is 62.1 Å². The normalized spacial score (nSPS) is 9.94. The van der Waals surface area contributed by atoms with E-state index in [9.17, 15) is 4.79 Å². The van der Waals surface area contributed by atoms with Crippen LogP contribution in [0.5, 0.6) is 5.75 Å². The summed E-state index contributed by atoms with van der Waals surface area (Å²) in [5.41, 5.74) is 0.452. The van der Waals surface area contributed by atoms with Crippen molar-refractivity contribution in [3.8, 4) is 11.8 Å². The van der Waals surface area contributed by atoms with Gasteiger partial charge in [-0.3, -0.25) is 4.79 Å². The molecule has 5 heteroatoms. The number of carbonyl (C=O) groups excluding carboxylic acids is 1. The van der Waals surface area contributed by atoms with Crippen LogP contribution in [0.15, 0.2) is 22.7 Å². The van der Waals surface area contributed by atoms with Gasteiger partial charge in [0.15, 0.2) is 0 Å². The number of nitrogens with zero attached hydrogens (tertiary/aromatic N) is 1. The first kappa shape index (κ1) is 14.5. The summed E-state index contributed by atoms with van der Waals surface area (Å²) in [6.45, 7) is 4.07. The molecule has 0 fully saturated rings. The van der Waals surface area contributed by atoms with Crippen LogP contribution >= 0.6 is 15.9 Å². The van der Waals surface area contributed by atoms with Crippen LogP contribution < -0.4 is 10.1 Å². The summed E-state index contributed by atoms with van der Waals surface area (Å²) in [5, 5.41) is 11.7. The van der Waals surface area contributed by atoms with Crippen molar-refractivity contribution in [3.63, 3.8) is 0 Å². The van der Waals surface area contributed by atoms with Crippen LogP contribution in [0.2, 0.25) is 0 Å². The lowest BCUT2D eigenvalue weighted by molar-refractivity contribution is -0.122. The Kier molecular flexibility index (Phi) is 5.66. The minimum atomic E-state index is -0.0550. The smallest absolute Gasteiger partial charge is 0.223 e. The van der Waals surface area contributed by atoms with Crippen molar-refractivity contribution in [2.24, 2.45) is 0 Å². The Morgan fingerprint density at radius 3 is 2.89 bits per heavy atom. The summed E-state index contributed by atoms with van der Waals surface area (Å²) < 4.78 is 6.25. The van der Waals surface area contributed by atoms with Crippen molar-refractivity contribution in [2.45, 2.75) is 26.3 Å². The van der Waals surface area contributed by atoms with E-state index >= 15 is 0 Å². The largest absolute Gasteiger partial charge is 0.492 e. The van der Waals surface area contributed by atoms with Gasteiger partial charge in [-0.2, -0.15) is 5.26 Å². The molecule has 0 aliphatic heterocycles. The number of rotatable bonds is 5. The first-order valence-electron chi connectivity index (χ1n) is 5.64. The number of ether oxygens (including phenoxy) is 1. The highest BCUT2D eigenvalue weighted by molar-refractivity contribution is 9.10. The van der Waals surface area contributed by atoms with E-state index in [-0.39, 0.29) is 25.0 Å². The van der Waals surface area contributed by atoms with Crippen molar-refractivity contribution in [3.05, 3.63) is 28.2 Å². The minimum absolute atomic E-state index is 0.0550. The maximum Gasteiger partial charge on any atom is 0.223 e. The van der Waals surface area contributed by atoms with E-state index in [0.29, 0.717) is 11.3 Å². The van der Waals surface area contributed by atoms with E-state index in [1.807, 2.05) is 13.8 Å². The van der Waals surface area contributed by atoms with Crippen LogP contribution in [0, 0.1) is 11.3 Å². The molecule has 96 valence electrons. The standard InChI is InChI=1S/C13H15BrN2O2/c1-9(2)16-13(17)5-6-18-12-4-3-11(14)7-10(12)8-15/h3-4,7,9H,5-6H2,1-2H3,(H,16,17). The quantitative estimate of drug-likeness (QED) is 0.909. The molecule has 0 unspecified atom stereocenters. The summed E-state index contributed by atoms with van der Waals surface area (Å²) in [4.78, 5) is 11.4. The van der Waals surface area contributed by atoms with Gasteiger partial charge in [0.2, 0.25) is 5.91 Å². The third kappa shape index (κ3) is 4.76. The Labute approximate surface area is 115 Å². The Hall–Kier alpha value is -1.54. The van der Waals surface area contributed by atoms with E-state index in [1.165, 1.54) is 0 Å². The van der Waals surface area contributed by atoms with Crippen molar-refractivity contribution in [1.29, 1.82) is 5.26 Å². The number of nitrogens with one attached hydrogen (secondary N) is 1. The molecule has 0 saturated heterocycles. The molecule has 0 heterocycles. The molecule has 1 aromatic rings. The Morgan fingerprint density at radius 2 is 2.28 bits per heavy atom. The highest BCUT2D eigenvalue weighted by atomic mass is 79.9. The summed E-state index contributed by atoms with van der Waals surface area (Å²) in [5.74, 6) is 0.443. The predicted octanol–water partition coefficient (Wildman–Crippen LogP) is 2.61. The molecule has 0 bridgehead atoms. The predicted molar refractivity (Wildman–Crippen MR) is 72.2 cm³/mol. The number of amides is 1. The molecular formula is C13H15BrN2O2. The molecule has 4 nitrogen and oxygen atoms in total. The molecule has 18 heavy (non-hydrogen) atoms. The molecule has 1 aromatic carbocycles. The van der Waals surface area contributed by atoms with Crippen LogP contribution in [-0.4, -0.2) is 18.6 Å². The molecule has 0 radical (unpaired) electrons. The summed E-state index contributed by atoms with van der Waals surface area (Å²) in [6.07, 6.45) is 0.277. The molecule has 0 spiro atoms. The number of carbonyl (C=O) groups is 1. The number of nitriles is 1. The molecule has 1 N–H and O–H groups in total. The van der Waals surface area contributed by atoms with Crippen molar-refractivity contribution < 1.29 is 9.53 Å². The van der Waals surface area contributed by atoms with Gasteiger partial charge in [0.1, 0.15) is 11.8 Å². The number of hydrogen-bond acceptors (Lipinski definition) is 3. The second-order valence-corrected chi connectivity index (χ2v) is 4.99. The van der Waals surface area contributed by atoms with Gasteiger partial charge in [0, 0.05) is 10.5 Å². The zero-order valence-electron chi connectivity index (χ0n) is 10.4. The van der Waals surface area contributed by atoms with Gasteiger partial charge in [-0.15, -0.1) is 0 Å². The third-order valence-corrected chi connectivity index (χ3v) is 2.59. The Balaban J connectivity index is 2.50. The Bertz CT molecular complexity index is 467. The zero-order valence-corrected chi connectivity index (χ0v) is 12.0. The first-order chi connectivity index (χ1) is 8.52. The van der Waals surface area contributed by atoms with Crippen LogP contribution in [0.1, 0.15) is 25.8 Å². The van der Waals surface area contributed by atoms with E-state index in [4.69, 9.17) is 10.00 Å². The highest BCUT2D eigenvalue weighted by Gasteiger charge is 2.06. The lowest BCUT2D eigenvalue weighted by atomic mass is 10.2. The molecule has 0 atom stereocenters. The number of hydrogen-bond donors (Lipinski definition) is 1. The Morgan fingerprint density at radius 1 is 1.56 bits per heavy atom. The maximum atomic E-state index is 11.4. The fraction of sp³-hybridized carbons (Fsp3) is 0.385. The van der Waals surface area contributed by atoms with E-state index in [0.717, 1.165) is 4.47 Å². The maximum absolute atomic E-state index is 11.4. The van der Waals surface area contributed by atoms with Crippen LogP contribution in [0.25, 0.3) is 0 Å². The van der Waals surface area contributed by atoms with Gasteiger partial charge in [-0.1, -0.05) is 15.9 Å². The molecular weight excluding hydrogens is 296 g/mol. The lowest BCUT2D eigenvalue weighted by Gasteiger charge is -2.10. The van der Waals surface area contributed by atoms with Gasteiger partial charge in [-0.05, 0) is 32.0 Å². The summed E-state index contributed by atoms with van der Waals surface area (Å²) >= 11 is 3.28. The lowest BCUT2D eigenvalue weighted by Crippen LogP contribution is -2.31. The van der Waals surface area contributed by atoms with Crippen LogP contribution in [0.4, 0.5) is 0 Å². The van der Waals surface area contributed by atoms with Crippen molar-refractivity contribution in [1.82, 2.24) is 5.32 Å². The van der Waals surface area contributed by atoms with Crippen molar-refractivity contribution >= 4 is 21.8 Å². The van der Waals surface area contributed by atoms with Gasteiger partial charge >= 0.3 is 0 Å². The van der Waals surface area contributed by atoms with Gasteiger partial charge in [-0.25, -0.2) is 0 Å². The van der Waals surface area contributed by atoms with Crippen LogP contribution in [0.3, 0.4) is 0 Å². The van der Waals surface area contributed by atoms with Crippen LogP contribution in [-0.2, 0) is 4.79 Å². The second-order valence-electron chi connectivity index (χ2n) is 4.07. The molecule has 0 aliphatic carbocycles. The van der Waals surface area contributed by atoms with Crippen molar-refractivity contribution in [2.75, 3.05) is 6.61 Å². The monoisotopic (exact) mass is 310 g/mol. The SMILES string of the molecule is CC(C)NC(=O)CCOc1ccc(Br)cc1C#N. The van der Waals surface area contributed by atoms with Gasteiger partial charge < -0.3 is 10.1 Å². The highest BCUT2D eigenvalue weighted by Crippen LogP contribution is 2.22. The summed E-state index contributed by atoms with van der Waals surface area (Å²) in [7, 11) is 0. The molecule has 1 amide bonds. The van der Waals surface area contributed by atoms with Gasteiger partial charge in [0.25, 0.3) is 0 Å². The fourth-order valence-corrected chi connectivity index (χ4v) is 1.72. The third-order valence-electron chi connectivity index (χ3n) is 2.10. The van der Waals surface area contributed by atoms with Gasteiger partial charge in [0.05, 0.1) is 18.6 Å². The van der Waals surface area contributed by atoms with E-state index < -0.39 is 0 Å². The molecule has 0 saturated carbocycles. The first-order valence-corrected chi connectivity index (χ1v) is 6.44. The van der Waals surface area contributed by atoms with E-state index in [2.05, 4.69) is 27.3 Å². The minimum Gasteiger partial charge on any atom is -0.492 e. The average molecular weight is 311 g/mol. The molecule has 0 aliphatic rings. The molecule has 0 aromatic heterocycles. The number of halogens is 1. The fourth-order valence-electron chi connectivity index (χ4n) is 1.36. The number of benzene rings is 1.